The molecule has 0 radical (unpaired) electrons. The molecule has 0 aliphatic heterocycles. The van der Waals surface area contributed by atoms with Gasteiger partial charge in [-0.05, 0) is 45.3 Å². The van der Waals surface area contributed by atoms with Gasteiger partial charge in [-0.2, -0.15) is 4.40 Å². The smallest absolute Gasteiger partial charge is 0.192 e. The van der Waals surface area contributed by atoms with Crippen molar-refractivity contribution in [3.63, 3.8) is 0 Å². The third kappa shape index (κ3) is 6.46. The highest BCUT2D eigenvalue weighted by Gasteiger charge is 2.38. The molecular weight excluding hydrogens is 286 g/mol. The SMILES string of the molecule is C=CC[C@H](/C=N/[S@@](=O)C(C)(C)C)O[Si](C)(C)C(C)(C)C. The van der Waals surface area contributed by atoms with Gasteiger partial charge in [0.25, 0.3) is 0 Å². The van der Waals surface area contributed by atoms with Gasteiger partial charge in [-0.3, -0.25) is 0 Å². The van der Waals surface area contributed by atoms with E-state index in [-0.39, 0.29) is 15.9 Å². The first-order valence-corrected chi connectivity index (χ1v) is 11.1. The van der Waals surface area contributed by atoms with Crippen LogP contribution in [0.5, 0.6) is 0 Å². The van der Waals surface area contributed by atoms with E-state index >= 15 is 0 Å². The van der Waals surface area contributed by atoms with E-state index in [4.69, 9.17) is 4.43 Å². The fourth-order valence-corrected chi connectivity index (χ4v) is 2.97. The Morgan fingerprint density at radius 3 is 2.10 bits per heavy atom. The molecule has 0 rings (SSSR count). The van der Waals surface area contributed by atoms with Crippen molar-refractivity contribution in [2.75, 3.05) is 0 Å². The summed E-state index contributed by atoms with van der Waals surface area (Å²) in [5, 5.41) is 0.142. The van der Waals surface area contributed by atoms with Crippen LogP contribution in [0.1, 0.15) is 48.0 Å². The van der Waals surface area contributed by atoms with Gasteiger partial charge < -0.3 is 4.43 Å². The maximum absolute atomic E-state index is 12.0. The van der Waals surface area contributed by atoms with Crippen molar-refractivity contribution < 1.29 is 8.63 Å². The zero-order valence-corrected chi connectivity index (χ0v) is 16.1. The van der Waals surface area contributed by atoms with Crippen LogP contribution in [-0.4, -0.2) is 29.6 Å². The van der Waals surface area contributed by atoms with Gasteiger partial charge >= 0.3 is 0 Å². The minimum absolute atomic E-state index is 0.139. The maximum atomic E-state index is 12.0. The first-order valence-electron chi connectivity index (χ1n) is 7.06. The molecule has 118 valence electrons. The molecule has 20 heavy (non-hydrogen) atoms. The lowest BCUT2D eigenvalue weighted by Gasteiger charge is -2.38. The zero-order chi connectivity index (χ0) is 16.2. The zero-order valence-electron chi connectivity index (χ0n) is 14.3. The number of hydrogen-bond donors (Lipinski definition) is 0. The summed E-state index contributed by atoms with van der Waals surface area (Å²) < 4.78 is 22.1. The molecule has 0 saturated carbocycles. The van der Waals surface area contributed by atoms with Crippen molar-refractivity contribution >= 4 is 25.5 Å². The minimum atomic E-state index is -1.86. The molecule has 0 aromatic carbocycles. The summed E-state index contributed by atoms with van der Waals surface area (Å²) in [7, 11) is -3.10. The van der Waals surface area contributed by atoms with E-state index in [1.54, 1.807) is 6.21 Å². The molecule has 5 heteroatoms. The Labute approximate surface area is 128 Å². The van der Waals surface area contributed by atoms with Gasteiger partial charge in [0.2, 0.25) is 0 Å². The predicted octanol–water partition coefficient (Wildman–Crippen LogP) is 4.49. The van der Waals surface area contributed by atoms with Crippen molar-refractivity contribution in [1.29, 1.82) is 0 Å². The second kappa shape index (κ2) is 7.14. The second-order valence-electron chi connectivity index (χ2n) is 7.56. The maximum Gasteiger partial charge on any atom is 0.192 e. The molecule has 0 amide bonds. The van der Waals surface area contributed by atoms with Gasteiger partial charge in [0, 0.05) is 6.21 Å². The van der Waals surface area contributed by atoms with Crippen molar-refractivity contribution in [3.8, 4) is 0 Å². The molecule has 0 aromatic heterocycles. The van der Waals surface area contributed by atoms with Gasteiger partial charge in [-0.25, -0.2) is 4.21 Å². The van der Waals surface area contributed by atoms with Crippen LogP contribution in [-0.2, 0) is 15.4 Å². The molecule has 0 fully saturated rings. The summed E-state index contributed by atoms with van der Waals surface area (Å²) in [6.45, 7) is 20.5. The lowest BCUT2D eigenvalue weighted by Crippen LogP contribution is -2.44. The van der Waals surface area contributed by atoms with Gasteiger partial charge in [-0.15, -0.1) is 6.58 Å². The van der Waals surface area contributed by atoms with E-state index in [0.29, 0.717) is 6.42 Å². The Morgan fingerprint density at radius 2 is 1.75 bits per heavy atom. The first kappa shape index (κ1) is 19.7. The quantitative estimate of drug-likeness (QED) is 0.411. The van der Waals surface area contributed by atoms with E-state index in [0.717, 1.165) is 0 Å². The van der Waals surface area contributed by atoms with Crippen LogP contribution in [0.2, 0.25) is 18.1 Å². The van der Waals surface area contributed by atoms with Crippen LogP contribution < -0.4 is 0 Å². The van der Waals surface area contributed by atoms with Crippen LogP contribution >= 0.6 is 0 Å². The molecule has 0 N–H and O–H groups in total. The summed E-state index contributed by atoms with van der Waals surface area (Å²) in [6, 6.07) is 0. The third-order valence-electron chi connectivity index (χ3n) is 3.50. The Bertz CT molecular complexity index is 378. The lowest BCUT2D eigenvalue weighted by atomic mass is 10.2. The number of rotatable bonds is 6. The largest absolute Gasteiger partial charge is 0.409 e. The molecule has 0 saturated heterocycles. The second-order valence-corrected chi connectivity index (χ2v) is 14.2. The molecule has 0 aliphatic rings. The van der Waals surface area contributed by atoms with E-state index in [1.165, 1.54) is 0 Å². The van der Waals surface area contributed by atoms with Crippen LogP contribution in [0.3, 0.4) is 0 Å². The Kier molecular flexibility index (Phi) is 7.04. The normalized spacial score (nSPS) is 17.2. The van der Waals surface area contributed by atoms with E-state index in [2.05, 4.69) is 44.8 Å². The molecule has 0 spiro atoms. The highest BCUT2D eigenvalue weighted by atomic mass is 32.2. The summed E-state index contributed by atoms with van der Waals surface area (Å²) in [4.78, 5) is 0. The van der Waals surface area contributed by atoms with Crippen LogP contribution in [0.25, 0.3) is 0 Å². The van der Waals surface area contributed by atoms with Gasteiger partial charge in [-0.1, -0.05) is 26.8 Å². The topological polar surface area (TPSA) is 38.7 Å². The summed E-state index contributed by atoms with van der Waals surface area (Å²) >= 11 is 0. The van der Waals surface area contributed by atoms with Crippen LogP contribution in [0.15, 0.2) is 17.1 Å². The fraction of sp³-hybridized carbons (Fsp3) is 0.800. The van der Waals surface area contributed by atoms with Gasteiger partial charge in [0.15, 0.2) is 8.32 Å². The van der Waals surface area contributed by atoms with Crippen LogP contribution in [0.4, 0.5) is 0 Å². The van der Waals surface area contributed by atoms with Crippen LogP contribution in [0, 0.1) is 0 Å². The van der Waals surface area contributed by atoms with Gasteiger partial charge in [0.05, 0.1) is 10.9 Å². The summed E-state index contributed by atoms with van der Waals surface area (Å²) in [5.41, 5.74) is 0. The minimum Gasteiger partial charge on any atom is -0.409 e. The summed E-state index contributed by atoms with van der Waals surface area (Å²) in [5.74, 6) is 0. The molecule has 0 aliphatic carbocycles. The van der Waals surface area contributed by atoms with E-state index in [1.807, 2.05) is 26.8 Å². The highest BCUT2D eigenvalue weighted by Crippen LogP contribution is 2.37. The van der Waals surface area contributed by atoms with Gasteiger partial charge in [0.1, 0.15) is 11.0 Å². The number of nitrogens with zero attached hydrogens (tertiary/aromatic N) is 1. The highest BCUT2D eigenvalue weighted by molar-refractivity contribution is 7.85. The molecule has 2 atom stereocenters. The van der Waals surface area contributed by atoms with Crippen molar-refractivity contribution in [2.24, 2.45) is 4.40 Å². The fourth-order valence-electron chi connectivity index (χ4n) is 1.14. The molecule has 3 nitrogen and oxygen atoms in total. The molecular formula is C15H31NO2SSi. The van der Waals surface area contributed by atoms with Crippen molar-refractivity contribution in [1.82, 2.24) is 0 Å². The lowest BCUT2D eigenvalue weighted by molar-refractivity contribution is 0.249. The average molecular weight is 318 g/mol. The average Bonchev–Trinajstić information content (AvgIpc) is 2.22. The standard InChI is InChI=1S/C15H31NO2SSi/c1-10-11-13(12-16-19(17)14(2,3)4)18-20(8,9)15(5,6)7/h10,12-13H,1,11H2,2-9H3/b16-12+/t13-,19+/m1/s1. The first-order chi connectivity index (χ1) is 8.81. The molecule has 0 bridgehead atoms. The third-order valence-corrected chi connectivity index (χ3v) is 9.36. The monoisotopic (exact) mass is 317 g/mol. The molecule has 0 unspecified atom stereocenters. The number of hydrogen-bond acceptors (Lipinski definition) is 2. The van der Waals surface area contributed by atoms with Crippen molar-refractivity contribution in [3.05, 3.63) is 12.7 Å². The Morgan fingerprint density at radius 1 is 1.25 bits per heavy atom. The van der Waals surface area contributed by atoms with Crippen molar-refractivity contribution in [2.45, 2.75) is 76.9 Å². The molecule has 0 aromatic rings. The predicted molar refractivity (Wildman–Crippen MR) is 93.3 cm³/mol. The van der Waals surface area contributed by atoms with E-state index in [9.17, 15) is 4.21 Å². The Balaban J connectivity index is 4.97. The Hall–Kier alpha value is -0.263. The summed E-state index contributed by atoms with van der Waals surface area (Å²) in [6.07, 6.45) is 4.07. The molecule has 0 heterocycles. The van der Waals surface area contributed by atoms with E-state index < -0.39 is 19.3 Å².